The van der Waals surface area contributed by atoms with Crippen LogP contribution in [0.3, 0.4) is 0 Å². The number of thioether (sulfide) groups is 1. The summed E-state index contributed by atoms with van der Waals surface area (Å²) < 4.78 is 21.2. The first-order valence-corrected chi connectivity index (χ1v) is 6.57. The number of rotatable bonds is 5. The zero-order valence-corrected chi connectivity index (χ0v) is 8.41. The molecule has 0 spiro atoms. The Bertz CT molecular complexity index is 184. The Kier molecular flexibility index (Phi) is 5.12. The van der Waals surface area contributed by atoms with Crippen molar-refractivity contribution in [2.45, 2.75) is 13.0 Å². The number of aliphatic hydroxyl groups excluding tert-OH is 1. The lowest BCUT2D eigenvalue weighted by atomic mass is 10.5. The van der Waals surface area contributed by atoms with Crippen LogP contribution in [-0.2, 0) is 9.84 Å². The first kappa shape index (κ1) is 11.3. The average Bonchev–Trinajstić information content (AvgIpc) is 1.78. The number of sulfone groups is 1. The minimum atomic E-state index is -2.82. The molecule has 0 aromatic heterocycles. The summed E-state index contributed by atoms with van der Waals surface area (Å²) in [5, 5.41) is 8.81. The van der Waals surface area contributed by atoms with Gasteiger partial charge in [0.2, 0.25) is 0 Å². The van der Waals surface area contributed by atoms with E-state index < -0.39 is 9.84 Å². The minimum absolute atomic E-state index is 0.199. The molecule has 0 fully saturated rings. The molecule has 0 amide bonds. The van der Waals surface area contributed by atoms with Gasteiger partial charge < -0.3 is 5.11 Å². The molecule has 0 saturated carbocycles. The summed E-state index contributed by atoms with van der Waals surface area (Å²) in [6, 6.07) is 0. The monoisotopic (exact) mass is 198 g/mol. The van der Waals surface area contributed by atoms with Crippen LogP contribution in [0.15, 0.2) is 0 Å². The van der Waals surface area contributed by atoms with Crippen molar-refractivity contribution >= 4 is 21.6 Å². The van der Waals surface area contributed by atoms with Crippen molar-refractivity contribution < 1.29 is 13.5 Å². The Morgan fingerprint density at radius 2 is 2.09 bits per heavy atom. The zero-order valence-electron chi connectivity index (χ0n) is 6.78. The van der Waals surface area contributed by atoms with Gasteiger partial charge in [0, 0.05) is 17.8 Å². The summed E-state index contributed by atoms with van der Waals surface area (Å²) in [5.74, 6) is 1.38. The molecule has 0 aliphatic rings. The molecular formula is C6H14O3S2. The van der Waals surface area contributed by atoms with Crippen LogP contribution in [0.5, 0.6) is 0 Å². The highest BCUT2D eigenvalue weighted by Gasteiger charge is 2.02. The van der Waals surface area contributed by atoms with Crippen molar-refractivity contribution in [1.82, 2.24) is 0 Å². The molecule has 0 aromatic rings. The molecule has 68 valence electrons. The second-order valence-corrected chi connectivity index (χ2v) is 5.96. The van der Waals surface area contributed by atoms with Crippen molar-refractivity contribution in [3.05, 3.63) is 0 Å². The predicted octanol–water partition coefficient (Wildman–Crippen LogP) is 0.145. The van der Waals surface area contributed by atoms with Crippen LogP contribution in [0.4, 0.5) is 0 Å². The molecule has 11 heavy (non-hydrogen) atoms. The van der Waals surface area contributed by atoms with Crippen LogP contribution in [0.2, 0.25) is 0 Å². The normalized spacial score (nSPS) is 14.8. The Hall–Kier alpha value is 0.260. The first-order chi connectivity index (χ1) is 4.92. The van der Waals surface area contributed by atoms with Gasteiger partial charge in [-0.25, -0.2) is 8.42 Å². The van der Waals surface area contributed by atoms with Gasteiger partial charge in [-0.1, -0.05) is 0 Å². The summed E-state index contributed by atoms with van der Waals surface area (Å²) in [6.45, 7) is 1.69. The molecule has 5 heteroatoms. The summed E-state index contributed by atoms with van der Waals surface area (Å²) in [7, 11) is -2.82. The van der Waals surface area contributed by atoms with Crippen LogP contribution in [0.1, 0.15) is 6.92 Å². The average molecular weight is 198 g/mol. The van der Waals surface area contributed by atoms with Crippen molar-refractivity contribution in [1.29, 1.82) is 0 Å². The predicted molar refractivity (Wildman–Crippen MR) is 48.7 cm³/mol. The SMILES string of the molecule is CC(O)CSCCS(C)(=O)=O. The van der Waals surface area contributed by atoms with Gasteiger partial charge >= 0.3 is 0 Å². The Labute approximate surface area is 72.1 Å². The lowest BCUT2D eigenvalue weighted by Crippen LogP contribution is -2.08. The summed E-state index contributed by atoms with van der Waals surface area (Å²) in [5.41, 5.74) is 0. The van der Waals surface area contributed by atoms with Gasteiger partial charge in [-0.05, 0) is 6.92 Å². The van der Waals surface area contributed by atoms with E-state index >= 15 is 0 Å². The van der Waals surface area contributed by atoms with E-state index in [-0.39, 0.29) is 11.9 Å². The maximum Gasteiger partial charge on any atom is 0.148 e. The maximum absolute atomic E-state index is 10.6. The van der Waals surface area contributed by atoms with E-state index in [0.29, 0.717) is 11.5 Å². The summed E-state index contributed by atoms with van der Waals surface area (Å²) >= 11 is 1.46. The summed E-state index contributed by atoms with van der Waals surface area (Å²) in [4.78, 5) is 0. The quantitative estimate of drug-likeness (QED) is 0.639. The molecule has 1 atom stereocenters. The maximum atomic E-state index is 10.6. The molecule has 0 aromatic carbocycles. The van der Waals surface area contributed by atoms with Gasteiger partial charge in [-0.2, -0.15) is 11.8 Å². The van der Waals surface area contributed by atoms with E-state index in [1.807, 2.05) is 0 Å². The smallest absolute Gasteiger partial charge is 0.148 e. The van der Waals surface area contributed by atoms with E-state index in [4.69, 9.17) is 5.11 Å². The third-order valence-electron chi connectivity index (χ3n) is 0.958. The Morgan fingerprint density at radius 1 is 1.55 bits per heavy atom. The second-order valence-electron chi connectivity index (χ2n) is 2.55. The Balaban J connectivity index is 3.30. The molecule has 1 unspecified atom stereocenters. The van der Waals surface area contributed by atoms with Gasteiger partial charge in [0.1, 0.15) is 9.84 Å². The minimum Gasteiger partial charge on any atom is -0.393 e. The number of hydrogen-bond donors (Lipinski definition) is 1. The molecule has 0 rings (SSSR count). The highest BCUT2D eigenvalue weighted by molar-refractivity contribution is 8.00. The van der Waals surface area contributed by atoms with Crippen molar-refractivity contribution in [3.8, 4) is 0 Å². The Morgan fingerprint density at radius 3 is 2.45 bits per heavy atom. The summed E-state index contributed by atoms with van der Waals surface area (Å²) in [6.07, 6.45) is 0.871. The number of hydrogen-bond acceptors (Lipinski definition) is 4. The highest BCUT2D eigenvalue weighted by Crippen LogP contribution is 2.03. The van der Waals surface area contributed by atoms with Gasteiger partial charge in [0.05, 0.1) is 11.9 Å². The molecule has 0 aliphatic heterocycles. The van der Waals surface area contributed by atoms with Gasteiger partial charge in [0.15, 0.2) is 0 Å². The van der Waals surface area contributed by atoms with Gasteiger partial charge in [-0.3, -0.25) is 0 Å². The topological polar surface area (TPSA) is 54.4 Å². The molecule has 0 radical (unpaired) electrons. The molecule has 1 N–H and O–H groups in total. The largest absolute Gasteiger partial charge is 0.393 e. The van der Waals surface area contributed by atoms with Crippen molar-refractivity contribution in [3.63, 3.8) is 0 Å². The molecular weight excluding hydrogens is 184 g/mol. The van der Waals surface area contributed by atoms with Gasteiger partial charge in [-0.15, -0.1) is 0 Å². The molecule has 0 saturated heterocycles. The lowest BCUT2D eigenvalue weighted by Gasteiger charge is -2.02. The molecule has 0 bridgehead atoms. The van der Waals surface area contributed by atoms with Crippen molar-refractivity contribution in [2.75, 3.05) is 23.5 Å². The van der Waals surface area contributed by atoms with Crippen LogP contribution in [-0.4, -0.2) is 43.1 Å². The van der Waals surface area contributed by atoms with E-state index in [1.165, 1.54) is 18.0 Å². The van der Waals surface area contributed by atoms with Crippen LogP contribution in [0, 0.1) is 0 Å². The van der Waals surface area contributed by atoms with E-state index in [9.17, 15) is 8.42 Å². The van der Waals surface area contributed by atoms with Crippen LogP contribution < -0.4 is 0 Å². The third-order valence-corrected chi connectivity index (χ3v) is 3.37. The fraction of sp³-hybridized carbons (Fsp3) is 1.00. The zero-order chi connectivity index (χ0) is 8.91. The van der Waals surface area contributed by atoms with Crippen molar-refractivity contribution in [2.24, 2.45) is 0 Å². The lowest BCUT2D eigenvalue weighted by molar-refractivity contribution is 0.220. The molecule has 3 nitrogen and oxygen atoms in total. The molecule has 0 heterocycles. The number of aliphatic hydroxyl groups is 1. The van der Waals surface area contributed by atoms with Crippen LogP contribution >= 0.6 is 11.8 Å². The first-order valence-electron chi connectivity index (χ1n) is 3.35. The van der Waals surface area contributed by atoms with Gasteiger partial charge in [0.25, 0.3) is 0 Å². The van der Waals surface area contributed by atoms with E-state index in [2.05, 4.69) is 0 Å². The second kappa shape index (κ2) is 5.00. The van der Waals surface area contributed by atoms with E-state index in [1.54, 1.807) is 6.92 Å². The standard InChI is InChI=1S/C6H14O3S2/c1-6(7)5-10-3-4-11(2,8)9/h6-7H,3-5H2,1-2H3. The van der Waals surface area contributed by atoms with Crippen LogP contribution in [0.25, 0.3) is 0 Å². The fourth-order valence-electron chi connectivity index (χ4n) is 0.464. The molecule has 0 aliphatic carbocycles. The van der Waals surface area contributed by atoms with E-state index in [0.717, 1.165) is 0 Å². The third kappa shape index (κ3) is 10.3. The highest BCUT2D eigenvalue weighted by atomic mass is 32.2. The fourth-order valence-corrected chi connectivity index (χ4v) is 2.65.